The number of halogens is 3. The molecule has 234 valence electrons. The van der Waals surface area contributed by atoms with Gasteiger partial charge in [0.25, 0.3) is 5.91 Å². The van der Waals surface area contributed by atoms with Crippen molar-refractivity contribution in [2.24, 2.45) is 5.92 Å². The molecule has 1 heterocycles. The summed E-state index contributed by atoms with van der Waals surface area (Å²) in [6.07, 6.45) is 2.12. The number of unbranched alkanes of at least 4 members (excludes halogenated alkanes) is 2. The Morgan fingerprint density at radius 1 is 1.07 bits per heavy atom. The van der Waals surface area contributed by atoms with Crippen LogP contribution in [0.5, 0.6) is 5.75 Å². The predicted octanol–water partition coefficient (Wildman–Crippen LogP) is 8.13. The van der Waals surface area contributed by atoms with Crippen LogP contribution in [-0.2, 0) is 14.3 Å². The van der Waals surface area contributed by atoms with Gasteiger partial charge in [0, 0.05) is 22.5 Å². The third-order valence-electron chi connectivity index (χ3n) is 8.16. The van der Waals surface area contributed by atoms with Crippen molar-refractivity contribution < 1.29 is 28.6 Å². The highest BCUT2D eigenvalue weighted by atomic mass is 127. The number of imide groups is 1. The van der Waals surface area contributed by atoms with Gasteiger partial charge in [-0.15, -0.1) is 0 Å². The molecule has 2 aromatic carbocycles. The number of carbonyl (C=O) groups excluding carboxylic acids is 3. The molecule has 2 aliphatic rings. The van der Waals surface area contributed by atoms with Crippen LogP contribution < -0.4 is 10.1 Å². The number of nitrogens with zero attached hydrogens (tertiary/aromatic N) is 1. The lowest BCUT2D eigenvalue weighted by Gasteiger charge is -2.46. The molecule has 2 fully saturated rings. The number of nitrogens with one attached hydrogen (secondary N) is 1. The number of carbonyl (C=O) groups is 3. The SMILES string of the molecule is COc1cc(Cl)ccc1[C@@H]1CC[C@@]2(NC(=O)OCCCCCI)C(=O)N(C(=O)OC(C)(C)C)C[C@H]2[C@H]1c1ccc(Cl)cc1. The highest BCUT2D eigenvalue weighted by Crippen LogP contribution is 2.56. The molecule has 1 aliphatic heterocycles. The summed E-state index contributed by atoms with van der Waals surface area (Å²) in [6.45, 7) is 5.56. The van der Waals surface area contributed by atoms with Gasteiger partial charge in [0.05, 0.1) is 13.7 Å². The van der Waals surface area contributed by atoms with Crippen molar-refractivity contribution in [1.29, 1.82) is 0 Å². The molecule has 3 amide bonds. The van der Waals surface area contributed by atoms with Crippen molar-refractivity contribution in [2.45, 2.75) is 75.9 Å². The van der Waals surface area contributed by atoms with E-state index in [9.17, 15) is 14.4 Å². The van der Waals surface area contributed by atoms with Crippen molar-refractivity contribution in [2.75, 3.05) is 24.7 Å². The Labute approximate surface area is 277 Å². The number of hydrogen-bond acceptors (Lipinski definition) is 6. The minimum Gasteiger partial charge on any atom is -0.496 e. The van der Waals surface area contributed by atoms with E-state index in [-0.39, 0.29) is 25.0 Å². The third-order valence-corrected chi connectivity index (χ3v) is 9.41. The monoisotopic (exact) mass is 744 g/mol. The maximum atomic E-state index is 14.3. The highest BCUT2D eigenvalue weighted by molar-refractivity contribution is 14.1. The molecule has 4 rings (SSSR count). The zero-order valence-electron chi connectivity index (χ0n) is 25.0. The average molecular weight is 745 g/mol. The number of hydrogen-bond donors (Lipinski definition) is 1. The summed E-state index contributed by atoms with van der Waals surface area (Å²) < 4.78 is 18.0. The van der Waals surface area contributed by atoms with Gasteiger partial charge in [-0.2, -0.15) is 0 Å². The molecule has 0 bridgehead atoms. The van der Waals surface area contributed by atoms with Gasteiger partial charge in [-0.05, 0) is 105 Å². The fourth-order valence-corrected chi connectivity index (χ4v) is 7.15. The van der Waals surface area contributed by atoms with Crippen molar-refractivity contribution in [3.8, 4) is 5.75 Å². The molecule has 1 saturated heterocycles. The molecule has 0 spiro atoms. The Bertz CT molecular complexity index is 1320. The summed E-state index contributed by atoms with van der Waals surface area (Å²) in [4.78, 5) is 42.0. The number of rotatable bonds is 9. The molecule has 1 N–H and O–H groups in total. The summed E-state index contributed by atoms with van der Waals surface area (Å²) in [5, 5.41) is 4.09. The van der Waals surface area contributed by atoms with Gasteiger partial charge in [0.1, 0.15) is 16.9 Å². The molecule has 0 radical (unpaired) electrons. The standard InChI is InChI=1S/C32H39Cl2IN2O6/c1-31(2,3)43-30(40)37-19-25-27(20-8-10-21(33)11-9-20)24(23-13-12-22(34)18-26(23)41-4)14-15-32(25,28(37)38)36-29(39)42-17-7-5-6-16-35/h8-13,18,24-25,27H,5-7,14-17,19H2,1-4H3,(H,36,39)/t24-,25-,27-,32-/m0/s1. The second-order valence-corrected chi connectivity index (χ2v) is 14.0. The number of ether oxygens (including phenoxy) is 3. The zero-order valence-corrected chi connectivity index (χ0v) is 28.6. The van der Waals surface area contributed by atoms with Gasteiger partial charge in [-0.1, -0.05) is 64.0 Å². The number of methoxy groups -OCH3 is 1. The Kier molecular flexibility index (Phi) is 11.1. The number of benzene rings is 2. The van der Waals surface area contributed by atoms with Gasteiger partial charge in [0.2, 0.25) is 0 Å². The van der Waals surface area contributed by atoms with E-state index in [1.54, 1.807) is 33.9 Å². The van der Waals surface area contributed by atoms with Crippen molar-refractivity contribution in [3.05, 3.63) is 63.6 Å². The van der Waals surface area contributed by atoms with Crippen molar-refractivity contribution >= 4 is 63.9 Å². The van der Waals surface area contributed by atoms with Crippen molar-refractivity contribution in [1.82, 2.24) is 10.2 Å². The fraction of sp³-hybridized carbons (Fsp3) is 0.531. The molecular weight excluding hydrogens is 706 g/mol. The summed E-state index contributed by atoms with van der Waals surface area (Å²) >= 11 is 14.9. The molecule has 0 unspecified atom stereocenters. The zero-order chi connectivity index (χ0) is 31.4. The first-order valence-corrected chi connectivity index (χ1v) is 16.8. The second-order valence-electron chi connectivity index (χ2n) is 12.1. The lowest BCUT2D eigenvalue weighted by Crippen LogP contribution is -2.61. The number of alkyl halides is 1. The van der Waals surface area contributed by atoms with E-state index in [0.29, 0.717) is 28.6 Å². The van der Waals surface area contributed by atoms with Crippen LogP contribution in [-0.4, -0.2) is 58.8 Å². The summed E-state index contributed by atoms with van der Waals surface area (Å²) in [5.41, 5.74) is -0.330. The largest absolute Gasteiger partial charge is 0.496 e. The highest BCUT2D eigenvalue weighted by Gasteiger charge is 2.63. The minimum absolute atomic E-state index is 0.0589. The lowest BCUT2D eigenvalue weighted by atomic mass is 9.60. The molecule has 2 aromatic rings. The fourth-order valence-electron chi connectivity index (χ4n) is 6.32. The smallest absolute Gasteiger partial charge is 0.417 e. The Balaban J connectivity index is 1.77. The van der Waals surface area contributed by atoms with E-state index in [0.717, 1.165) is 39.7 Å². The summed E-state index contributed by atoms with van der Waals surface area (Å²) in [5.74, 6) is -0.782. The van der Waals surface area contributed by atoms with Crippen LogP contribution in [0.4, 0.5) is 9.59 Å². The molecule has 1 saturated carbocycles. The predicted molar refractivity (Wildman–Crippen MR) is 176 cm³/mol. The first-order valence-electron chi connectivity index (χ1n) is 14.5. The number of amides is 3. The van der Waals surface area contributed by atoms with Crippen molar-refractivity contribution in [3.63, 3.8) is 0 Å². The Hall–Kier alpha value is -2.24. The van der Waals surface area contributed by atoms with Crippen LogP contribution in [0.1, 0.15) is 75.8 Å². The lowest BCUT2D eigenvalue weighted by molar-refractivity contribution is -0.133. The average Bonchev–Trinajstić information content (AvgIpc) is 3.24. The number of alkyl carbamates (subject to hydrolysis) is 1. The van der Waals surface area contributed by atoms with Gasteiger partial charge in [-0.25, -0.2) is 14.5 Å². The molecule has 43 heavy (non-hydrogen) atoms. The normalized spacial score (nSPS) is 23.5. The molecule has 0 aromatic heterocycles. The van der Waals surface area contributed by atoms with Crippen LogP contribution in [0.2, 0.25) is 10.0 Å². The van der Waals surface area contributed by atoms with Crippen LogP contribution in [0.3, 0.4) is 0 Å². The topological polar surface area (TPSA) is 94.2 Å². The van der Waals surface area contributed by atoms with Crippen LogP contribution in [0.25, 0.3) is 0 Å². The van der Waals surface area contributed by atoms with Crippen LogP contribution >= 0.6 is 45.8 Å². The van der Waals surface area contributed by atoms with Gasteiger partial charge in [0.15, 0.2) is 0 Å². The first-order chi connectivity index (χ1) is 20.4. The first kappa shape index (κ1) is 33.6. The molecule has 1 aliphatic carbocycles. The summed E-state index contributed by atoms with van der Waals surface area (Å²) in [7, 11) is 1.60. The Morgan fingerprint density at radius 2 is 1.77 bits per heavy atom. The van der Waals surface area contributed by atoms with Gasteiger partial charge < -0.3 is 19.5 Å². The van der Waals surface area contributed by atoms with E-state index < -0.39 is 35.2 Å². The second kappa shape index (κ2) is 14.2. The van der Waals surface area contributed by atoms with Gasteiger partial charge >= 0.3 is 12.2 Å². The van der Waals surface area contributed by atoms with Crippen LogP contribution in [0.15, 0.2) is 42.5 Å². The van der Waals surface area contributed by atoms with E-state index in [4.69, 9.17) is 37.4 Å². The van der Waals surface area contributed by atoms with E-state index >= 15 is 0 Å². The summed E-state index contributed by atoms with van der Waals surface area (Å²) in [6, 6.07) is 13.0. The number of likely N-dealkylation sites (tertiary alicyclic amines) is 1. The quantitative estimate of drug-likeness (QED) is 0.158. The van der Waals surface area contributed by atoms with E-state index in [1.807, 2.05) is 36.4 Å². The van der Waals surface area contributed by atoms with E-state index in [2.05, 4.69) is 27.9 Å². The maximum absolute atomic E-state index is 14.3. The third kappa shape index (κ3) is 7.71. The minimum atomic E-state index is -1.38. The van der Waals surface area contributed by atoms with Crippen LogP contribution in [0, 0.1) is 5.92 Å². The molecular formula is C32H39Cl2IN2O6. The molecule has 4 atom stereocenters. The maximum Gasteiger partial charge on any atom is 0.417 e. The van der Waals surface area contributed by atoms with Gasteiger partial charge in [-0.3, -0.25) is 4.79 Å². The number of fused-ring (bicyclic) bond motifs is 1. The molecule has 8 nitrogen and oxygen atoms in total. The Morgan fingerprint density at radius 3 is 2.42 bits per heavy atom. The van der Waals surface area contributed by atoms with E-state index in [1.165, 1.54) is 0 Å². The molecule has 11 heteroatoms.